The highest BCUT2D eigenvalue weighted by Crippen LogP contribution is 2.44. The third-order valence-corrected chi connectivity index (χ3v) is 12.3. The molecule has 0 atom stereocenters. The Morgan fingerprint density at radius 1 is 0.232 bits per heavy atom. The quantitative estimate of drug-likeness (QED) is 0.121. The van der Waals surface area contributed by atoms with Crippen LogP contribution < -0.4 is 0 Å². The van der Waals surface area contributed by atoms with Gasteiger partial charge < -0.3 is 4.98 Å². The molecule has 0 aliphatic carbocycles. The number of hydrogen-bond donors (Lipinski definition) is 1. The molecule has 11 rings (SSSR count). The predicted molar refractivity (Wildman–Crippen MR) is 274 cm³/mol. The minimum Gasteiger partial charge on any atom is -0.354 e. The first-order valence-electron chi connectivity index (χ1n) is 21.9. The van der Waals surface area contributed by atoms with Crippen molar-refractivity contribution >= 4 is 64.9 Å². The highest BCUT2D eigenvalue weighted by Gasteiger charge is 2.22. The standard InChI is InChI=1S/C64H29N5/c65-37-45-17-9-41(10-18-45)25-29-53-49-5-1-3-7-51(49)55(31-27-43-13-21-47(39-67)22-14-43)61-57(53)33-35-59-63(61)64-60(69-59)36-34-58-54(30-26-42-11-19-46(38-66)20-12-42)50-6-2-4-8-52(50)56(62(58)64)32-28-44-15-23-48(40-68)24-16-44/h1-24,33-36,69H. The van der Waals surface area contributed by atoms with Crippen LogP contribution in [-0.4, -0.2) is 4.98 Å². The van der Waals surface area contributed by atoms with Crippen molar-refractivity contribution in [1.82, 2.24) is 4.98 Å². The highest BCUT2D eigenvalue weighted by atomic mass is 14.7. The fraction of sp³-hybridized carbons (Fsp3) is 0. The van der Waals surface area contributed by atoms with Crippen molar-refractivity contribution in [2.75, 3.05) is 0 Å². The number of aromatic amines is 1. The maximum atomic E-state index is 9.54. The van der Waals surface area contributed by atoms with E-state index in [2.05, 4.69) is 125 Å². The summed E-state index contributed by atoms with van der Waals surface area (Å²) < 4.78 is 0. The van der Waals surface area contributed by atoms with E-state index in [1.807, 2.05) is 72.8 Å². The maximum Gasteiger partial charge on any atom is 0.0991 e. The number of aromatic nitrogens is 1. The Kier molecular flexibility index (Phi) is 10.3. The first-order chi connectivity index (χ1) is 34.0. The number of benzene rings is 10. The van der Waals surface area contributed by atoms with Crippen LogP contribution in [0, 0.1) is 92.7 Å². The number of H-pyrrole nitrogens is 1. The topological polar surface area (TPSA) is 111 Å². The van der Waals surface area contributed by atoms with E-state index in [0.29, 0.717) is 22.3 Å². The van der Waals surface area contributed by atoms with Gasteiger partial charge in [0, 0.05) is 77.1 Å². The first kappa shape index (κ1) is 41.0. The van der Waals surface area contributed by atoms with Gasteiger partial charge in [0.25, 0.3) is 0 Å². The molecule has 0 fully saturated rings. The number of nitrogens with zero attached hydrogens (tertiary/aromatic N) is 4. The van der Waals surface area contributed by atoms with Crippen molar-refractivity contribution in [1.29, 1.82) is 21.0 Å². The SMILES string of the molecule is N#Cc1ccc(C#Cc2c3ccccc3c(C#Cc3ccc(C#N)cc3)c3c2ccc2[nH]c4ccc5c(C#Cc6ccc(C#N)cc6)c6ccccc6c(C#Cc6ccc(C#N)cc6)c5c4c23)cc1. The summed E-state index contributed by atoms with van der Waals surface area (Å²) in [5, 5.41) is 47.3. The van der Waals surface area contributed by atoms with Gasteiger partial charge in [-0.05, 0) is 142 Å². The van der Waals surface area contributed by atoms with Crippen LogP contribution in [0.1, 0.15) is 66.8 Å². The normalized spacial score (nSPS) is 10.4. The molecule has 0 saturated heterocycles. The van der Waals surface area contributed by atoms with Crippen molar-refractivity contribution in [2.24, 2.45) is 0 Å². The van der Waals surface area contributed by atoms with Crippen LogP contribution in [-0.2, 0) is 0 Å². The van der Waals surface area contributed by atoms with E-state index in [1.54, 1.807) is 48.5 Å². The van der Waals surface area contributed by atoms with Gasteiger partial charge >= 0.3 is 0 Å². The molecule has 10 aromatic carbocycles. The molecule has 310 valence electrons. The van der Waals surface area contributed by atoms with E-state index in [-0.39, 0.29) is 0 Å². The Hall–Kier alpha value is -10.8. The van der Waals surface area contributed by atoms with Crippen LogP contribution in [0.3, 0.4) is 0 Å². The van der Waals surface area contributed by atoms with Gasteiger partial charge in [0.2, 0.25) is 0 Å². The molecule has 69 heavy (non-hydrogen) atoms. The van der Waals surface area contributed by atoms with E-state index >= 15 is 0 Å². The maximum absolute atomic E-state index is 9.54. The number of nitrogens with one attached hydrogen (secondary N) is 1. The van der Waals surface area contributed by atoms with Gasteiger partial charge in [0.1, 0.15) is 0 Å². The lowest BCUT2D eigenvalue weighted by atomic mass is 9.86. The van der Waals surface area contributed by atoms with Crippen LogP contribution >= 0.6 is 0 Å². The van der Waals surface area contributed by atoms with E-state index < -0.39 is 0 Å². The van der Waals surface area contributed by atoms with Crippen LogP contribution in [0.5, 0.6) is 0 Å². The number of rotatable bonds is 0. The average Bonchev–Trinajstić information content (AvgIpc) is 3.80. The second-order valence-corrected chi connectivity index (χ2v) is 16.3. The summed E-state index contributed by atoms with van der Waals surface area (Å²) in [6.07, 6.45) is 0. The molecular weight excluding hydrogens is 839 g/mol. The zero-order valence-electron chi connectivity index (χ0n) is 36.5. The largest absolute Gasteiger partial charge is 0.354 e. The molecule has 5 nitrogen and oxygen atoms in total. The molecule has 0 spiro atoms. The second-order valence-electron chi connectivity index (χ2n) is 16.3. The molecule has 0 aliphatic heterocycles. The molecule has 0 saturated carbocycles. The van der Waals surface area contributed by atoms with Gasteiger partial charge in [-0.15, -0.1) is 0 Å². The third kappa shape index (κ3) is 7.44. The van der Waals surface area contributed by atoms with Gasteiger partial charge in [0.05, 0.1) is 46.5 Å². The fourth-order valence-electron chi connectivity index (χ4n) is 8.99. The summed E-state index contributed by atoms with van der Waals surface area (Å²) in [5.74, 6) is 28.1. The fourth-order valence-corrected chi connectivity index (χ4v) is 8.99. The smallest absolute Gasteiger partial charge is 0.0991 e. The van der Waals surface area contributed by atoms with Crippen molar-refractivity contribution in [3.05, 3.63) is 237 Å². The first-order valence-corrected chi connectivity index (χ1v) is 21.9. The molecule has 0 aliphatic rings. The Morgan fingerprint density at radius 3 is 0.783 bits per heavy atom. The molecule has 0 amide bonds. The van der Waals surface area contributed by atoms with Crippen LogP contribution in [0.4, 0.5) is 0 Å². The predicted octanol–water partition coefficient (Wildman–Crippen LogP) is 13.0. The number of hydrogen-bond acceptors (Lipinski definition) is 4. The Balaban J connectivity index is 1.31. The van der Waals surface area contributed by atoms with E-state index in [0.717, 1.165) is 109 Å². The molecule has 5 heteroatoms. The zero-order chi connectivity index (χ0) is 46.8. The van der Waals surface area contributed by atoms with E-state index in [1.165, 1.54) is 0 Å². The summed E-state index contributed by atoms with van der Waals surface area (Å²) >= 11 is 0. The van der Waals surface area contributed by atoms with Gasteiger partial charge in [-0.25, -0.2) is 0 Å². The zero-order valence-corrected chi connectivity index (χ0v) is 36.5. The number of nitriles is 4. The summed E-state index contributed by atoms with van der Waals surface area (Å²) in [4.78, 5) is 3.78. The third-order valence-electron chi connectivity index (χ3n) is 12.3. The van der Waals surface area contributed by atoms with Crippen LogP contribution in [0.25, 0.3) is 64.9 Å². The summed E-state index contributed by atoms with van der Waals surface area (Å²) in [7, 11) is 0. The minimum absolute atomic E-state index is 0.556. The van der Waals surface area contributed by atoms with Crippen molar-refractivity contribution in [3.63, 3.8) is 0 Å². The molecule has 0 bridgehead atoms. The van der Waals surface area contributed by atoms with Crippen molar-refractivity contribution in [3.8, 4) is 71.6 Å². The highest BCUT2D eigenvalue weighted by molar-refractivity contribution is 6.33. The monoisotopic (exact) mass is 867 g/mol. The second kappa shape index (κ2) is 17.3. The average molecular weight is 868 g/mol. The summed E-state index contributed by atoms with van der Waals surface area (Å²) in [6.45, 7) is 0. The molecule has 1 heterocycles. The number of fused-ring (bicyclic) bond motifs is 9. The van der Waals surface area contributed by atoms with Gasteiger partial charge in [-0.1, -0.05) is 108 Å². The Bertz CT molecular complexity index is 4150. The van der Waals surface area contributed by atoms with Gasteiger partial charge in [0.15, 0.2) is 0 Å². The van der Waals surface area contributed by atoms with Crippen LogP contribution in [0.15, 0.2) is 170 Å². The molecular formula is C64H29N5. The van der Waals surface area contributed by atoms with E-state index in [4.69, 9.17) is 0 Å². The summed E-state index contributed by atoms with van der Waals surface area (Å²) in [6, 6.07) is 62.8. The molecule has 0 radical (unpaired) electrons. The molecule has 0 unspecified atom stereocenters. The minimum atomic E-state index is 0.556. The Labute approximate surface area is 397 Å². The van der Waals surface area contributed by atoms with Crippen molar-refractivity contribution in [2.45, 2.75) is 0 Å². The molecule has 11 aromatic rings. The lowest BCUT2D eigenvalue weighted by Crippen LogP contribution is -1.93. The van der Waals surface area contributed by atoms with Gasteiger partial charge in [-0.2, -0.15) is 21.0 Å². The molecule has 1 aromatic heterocycles. The Morgan fingerprint density at radius 2 is 0.493 bits per heavy atom. The lowest BCUT2D eigenvalue weighted by Gasteiger charge is -2.14. The van der Waals surface area contributed by atoms with Crippen molar-refractivity contribution < 1.29 is 0 Å². The molecule has 1 N–H and O–H groups in total. The van der Waals surface area contributed by atoms with Gasteiger partial charge in [-0.3, -0.25) is 0 Å². The summed E-state index contributed by atoms with van der Waals surface area (Å²) in [5.41, 5.74) is 10.5. The van der Waals surface area contributed by atoms with E-state index in [9.17, 15) is 21.0 Å². The lowest BCUT2D eigenvalue weighted by molar-refractivity contribution is 1.48. The van der Waals surface area contributed by atoms with Crippen LogP contribution in [0.2, 0.25) is 0 Å².